The molecule has 0 saturated heterocycles. The third-order valence-electron chi connectivity index (χ3n) is 2.26. The van der Waals surface area contributed by atoms with Crippen molar-refractivity contribution in [3.63, 3.8) is 0 Å². The van der Waals surface area contributed by atoms with Crippen LogP contribution in [0, 0.1) is 18.3 Å². The molecule has 10 heavy (non-hydrogen) atoms. The standard InChI is InChI=1S/C6H8Cl2NO/c1-3-5(2,4(9)10)6(3,7)8/h3H,1H2,2H3,(H2,9,10)/t3-,5+/m0/s1. The van der Waals surface area contributed by atoms with Gasteiger partial charge in [0.2, 0.25) is 5.91 Å². The molecule has 57 valence electrons. The summed E-state index contributed by atoms with van der Waals surface area (Å²) >= 11 is 11.4. The first-order valence-electron chi connectivity index (χ1n) is 2.86. The second kappa shape index (κ2) is 1.80. The van der Waals surface area contributed by atoms with E-state index in [4.69, 9.17) is 28.9 Å². The Morgan fingerprint density at radius 2 is 2.00 bits per heavy atom. The lowest BCUT2D eigenvalue weighted by Crippen LogP contribution is -2.26. The Balaban J connectivity index is 2.88. The number of carbonyl (C=O) groups excluding carboxylic acids is 1. The van der Waals surface area contributed by atoms with Crippen LogP contribution < -0.4 is 5.73 Å². The normalized spacial score (nSPS) is 43.0. The number of halogens is 2. The number of amides is 1. The van der Waals surface area contributed by atoms with Crippen LogP contribution in [0.3, 0.4) is 0 Å². The molecular weight excluding hydrogens is 173 g/mol. The van der Waals surface area contributed by atoms with Crippen LogP contribution in [0.2, 0.25) is 0 Å². The first-order valence-corrected chi connectivity index (χ1v) is 3.61. The molecule has 0 unspecified atom stereocenters. The average Bonchev–Trinajstić information content (AvgIpc) is 2.16. The molecule has 1 fully saturated rings. The van der Waals surface area contributed by atoms with Crippen LogP contribution in [0.5, 0.6) is 0 Å². The van der Waals surface area contributed by atoms with Crippen LogP contribution in [-0.4, -0.2) is 10.2 Å². The van der Waals surface area contributed by atoms with E-state index >= 15 is 0 Å². The molecule has 1 saturated carbocycles. The fraction of sp³-hybridized carbons (Fsp3) is 0.667. The van der Waals surface area contributed by atoms with Crippen LogP contribution in [0.15, 0.2) is 0 Å². The van der Waals surface area contributed by atoms with Gasteiger partial charge in [-0.25, -0.2) is 0 Å². The van der Waals surface area contributed by atoms with Crippen molar-refractivity contribution >= 4 is 29.1 Å². The number of hydrogen-bond donors (Lipinski definition) is 1. The highest BCUT2D eigenvalue weighted by Gasteiger charge is 2.74. The van der Waals surface area contributed by atoms with Gasteiger partial charge in [-0.3, -0.25) is 4.79 Å². The minimum absolute atomic E-state index is 0.291. The van der Waals surface area contributed by atoms with E-state index in [1.54, 1.807) is 6.92 Å². The van der Waals surface area contributed by atoms with Crippen molar-refractivity contribution in [3.8, 4) is 0 Å². The first kappa shape index (κ1) is 8.15. The lowest BCUT2D eigenvalue weighted by atomic mass is 10.1. The van der Waals surface area contributed by atoms with Gasteiger partial charge in [0.15, 0.2) is 0 Å². The maximum absolute atomic E-state index is 10.7. The van der Waals surface area contributed by atoms with Gasteiger partial charge in [-0.15, -0.1) is 23.2 Å². The Morgan fingerprint density at radius 3 is 2.00 bits per heavy atom. The van der Waals surface area contributed by atoms with E-state index in [9.17, 15) is 4.79 Å². The Labute approximate surface area is 69.7 Å². The summed E-state index contributed by atoms with van der Waals surface area (Å²) in [6, 6.07) is 0. The second-order valence-electron chi connectivity index (χ2n) is 2.74. The molecule has 0 spiro atoms. The van der Waals surface area contributed by atoms with E-state index in [0.717, 1.165) is 0 Å². The van der Waals surface area contributed by atoms with Crippen LogP contribution >= 0.6 is 23.2 Å². The van der Waals surface area contributed by atoms with Crippen LogP contribution in [0.4, 0.5) is 0 Å². The fourth-order valence-electron chi connectivity index (χ4n) is 0.952. The highest BCUT2D eigenvalue weighted by atomic mass is 35.5. The summed E-state index contributed by atoms with van der Waals surface area (Å²) in [5.74, 6) is -0.779. The highest BCUT2D eigenvalue weighted by Crippen LogP contribution is 2.68. The van der Waals surface area contributed by atoms with Crippen molar-refractivity contribution in [2.24, 2.45) is 17.1 Å². The number of alkyl halides is 2. The van der Waals surface area contributed by atoms with Gasteiger partial charge in [0, 0.05) is 5.92 Å². The van der Waals surface area contributed by atoms with Crippen molar-refractivity contribution in [1.29, 1.82) is 0 Å². The molecule has 2 N–H and O–H groups in total. The number of hydrogen-bond acceptors (Lipinski definition) is 1. The van der Waals surface area contributed by atoms with E-state index in [-0.39, 0.29) is 5.92 Å². The summed E-state index contributed by atoms with van der Waals surface area (Å²) in [5.41, 5.74) is 4.21. The summed E-state index contributed by atoms with van der Waals surface area (Å²) in [6.45, 7) is 5.23. The molecule has 0 aliphatic heterocycles. The Bertz CT molecular complexity index is 192. The molecular formula is C6H8Cl2NO. The molecule has 2 nitrogen and oxygen atoms in total. The van der Waals surface area contributed by atoms with Crippen LogP contribution in [0.1, 0.15) is 6.92 Å². The Hall–Kier alpha value is 0.0500. The van der Waals surface area contributed by atoms with Crippen molar-refractivity contribution in [3.05, 3.63) is 6.92 Å². The van der Waals surface area contributed by atoms with E-state index in [1.165, 1.54) is 0 Å². The molecule has 1 aliphatic carbocycles. The van der Waals surface area contributed by atoms with Crippen molar-refractivity contribution < 1.29 is 4.79 Å². The lowest BCUT2D eigenvalue weighted by molar-refractivity contribution is -0.122. The zero-order chi connectivity index (χ0) is 8.15. The van der Waals surface area contributed by atoms with E-state index < -0.39 is 15.7 Å². The second-order valence-corrected chi connectivity index (χ2v) is 4.13. The Morgan fingerprint density at radius 1 is 1.70 bits per heavy atom. The van der Waals surface area contributed by atoms with Gasteiger partial charge in [-0.05, 0) is 13.8 Å². The quantitative estimate of drug-likeness (QED) is 0.605. The zero-order valence-corrected chi connectivity index (χ0v) is 7.04. The van der Waals surface area contributed by atoms with Gasteiger partial charge in [-0.2, -0.15) is 0 Å². The number of nitrogens with two attached hydrogens (primary N) is 1. The summed E-state index contributed by atoms with van der Waals surface area (Å²) in [5, 5.41) is 0. The van der Waals surface area contributed by atoms with E-state index in [2.05, 4.69) is 6.92 Å². The fourth-order valence-corrected chi connectivity index (χ4v) is 1.73. The Kier molecular flexibility index (Phi) is 1.47. The smallest absolute Gasteiger partial charge is 0.226 e. The van der Waals surface area contributed by atoms with Crippen LogP contribution in [-0.2, 0) is 4.79 Å². The summed E-state index contributed by atoms with van der Waals surface area (Å²) < 4.78 is -1.06. The minimum Gasteiger partial charge on any atom is -0.369 e. The molecule has 2 atom stereocenters. The molecule has 1 radical (unpaired) electrons. The number of primary amides is 1. The largest absolute Gasteiger partial charge is 0.369 e. The molecule has 1 amide bonds. The van der Waals surface area contributed by atoms with E-state index in [0.29, 0.717) is 0 Å². The maximum Gasteiger partial charge on any atom is 0.226 e. The van der Waals surface area contributed by atoms with Gasteiger partial charge in [0.25, 0.3) is 0 Å². The first-order chi connectivity index (χ1) is 4.35. The van der Waals surface area contributed by atoms with Gasteiger partial charge < -0.3 is 5.73 Å². The minimum atomic E-state index is -1.06. The molecule has 0 aromatic heterocycles. The van der Waals surface area contributed by atoms with Crippen molar-refractivity contribution in [2.45, 2.75) is 11.3 Å². The summed E-state index contributed by atoms with van der Waals surface area (Å²) in [6.07, 6.45) is 0. The maximum atomic E-state index is 10.7. The van der Waals surface area contributed by atoms with Crippen molar-refractivity contribution in [2.75, 3.05) is 0 Å². The SMILES string of the molecule is [CH2][C@@H]1C(Cl)(Cl)[C@@]1(C)C(N)=O. The topological polar surface area (TPSA) is 43.1 Å². The van der Waals surface area contributed by atoms with Gasteiger partial charge >= 0.3 is 0 Å². The molecule has 0 heterocycles. The van der Waals surface area contributed by atoms with Crippen molar-refractivity contribution in [1.82, 2.24) is 0 Å². The molecule has 0 aromatic rings. The van der Waals surface area contributed by atoms with Gasteiger partial charge in [-0.1, -0.05) is 0 Å². The predicted octanol–water partition coefficient (Wildman–Crippen LogP) is 1.12. The molecule has 0 aromatic carbocycles. The number of rotatable bonds is 1. The highest BCUT2D eigenvalue weighted by molar-refractivity contribution is 6.53. The van der Waals surface area contributed by atoms with Gasteiger partial charge in [0.05, 0.1) is 5.41 Å². The third-order valence-corrected chi connectivity index (χ3v) is 3.57. The molecule has 1 rings (SSSR count). The van der Waals surface area contributed by atoms with E-state index in [1.807, 2.05) is 0 Å². The molecule has 4 heteroatoms. The molecule has 0 bridgehead atoms. The number of carbonyl (C=O) groups is 1. The summed E-state index contributed by atoms with van der Waals surface area (Å²) in [7, 11) is 0. The predicted molar refractivity (Wildman–Crippen MR) is 40.6 cm³/mol. The monoisotopic (exact) mass is 180 g/mol. The van der Waals surface area contributed by atoms with Gasteiger partial charge in [0.1, 0.15) is 4.33 Å². The lowest BCUT2D eigenvalue weighted by Gasteiger charge is -2.04. The van der Waals surface area contributed by atoms with Crippen LogP contribution in [0.25, 0.3) is 0 Å². The summed E-state index contributed by atoms with van der Waals surface area (Å²) in [4.78, 5) is 10.7. The molecule has 1 aliphatic rings. The third kappa shape index (κ3) is 0.638. The average molecular weight is 181 g/mol. The zero-order valence-electron chi connectivity index (χ0n) is 5.53.